The van der Waals surface area contributed by atoms with Gasteiger partial charge in [0.1, 0.15) is 29.6 Å². The summed E-state index contributed by atoms with van der Waals surface area (Å²) in [5, 5.41) is 17.7. The summed E-state index contributed by atoms with van der Waals surface area (Å²) < 4.78 is 60.1. The maximum Gasteiger partial charge on any atom is 0.340 e. The molecule has 0 radical (unpaired) electrons. The Morgan fingerprint density at radius 3 is 2.82 bits per heavy atom. The molecule has 5 heterocycles. The number of aromatic nitrogens is 7. The highest BCUT2D eigenvalue weighted by Crippen LogP contribution is 2.58. The molecule has 1 N–H and O–H groups in total. The molecule has 2 unspecified atom stereocenters. The van der Waals surface area contributed by atoms with Crippen molar-refractivity contribution in [1.82, 2.24) is 34.5 Å². The number of carbonyl (C=O) groups excluding carboxylic acids is 1. The molecule has 2 aliphatic heterocycles. The van der Waals surface area contributed by atoms with E-state index >= 15 is 4.39 Å². The number of methoxy groups -OCH3 is 1. The Morgan fingerprint density at radius 1 is 1.20 bits per heavy atom. The number of fused-ring (bicyclic) bond motifs is 5. The molecule has 1 aromatic carbocycles. The summed E-state index contributed by atoms with van der Waals surface area (Å²) in [4.78, 5) is 36.1. The minimum Gasteiger partial charge on any atom is -0.465 e. The number of benzene rings is 1. The molecular formula is C27H28ClFN8O9P2S2. The molecule has 0 amide bonds. The maximum atomic E-state index is 16.4. The number of rotatable bonds is 6. The van der Waals surface area contributed by atoms with E-state index in [4.69, 9.17) is 67.3 Å². The lowest BCUT2D eigenvalue weighted by atomic mass is 9.70. The standard InChI is InChI=1S/C27H28ClFN8O9P2S2/c1-40-27(38)15-4-2-5-17-21(15)34-35-37(17)26-23-20(29)19(45-26)11-43-47(39,49)42-10-16-14(9-44-48(50,46-23)41-7-3-6-30)8-18(16)36-13-33-22-24(28)31-12-32-25(22)36/h2,4-5,12-14,16,18-20,23,26H,3,7-11H2,1H3,(H,39,49)/t14-,16-,18-,19-,20-,23-,26-,47?,48?/m1/s1. The number of hydrogen-bond donors (Lipinski definition) is 1. The summed E-state index contributed by atoms with van der Waals surface area (Å²) in [7, 11) is 1.23. The Bertz CT molecular complexity index is 2070. The minimum atomic E-state index is -3.92. The minimum absolute atomic E-state index is 0.0146. The molecule has 2 saturated heterocycles. The summed E-state index contributed by atoms with van der Waals surface area (Å²) in [5.41, 5.74) is 1.53. The number of alkyl halides is 1. The number of imidazole rings is 1. The smallest absolute Gasteiger partial charge is 0.340 e. The molecule has 9 atom stereocenters. The molecule has 1 saturated carbocycles. The zero-order valence-electron chi connectivity index (χ0n) is 25.9. The molecule has 3 aliphatic rings. The van der Waals surface area contributed by atoms with Crippen LogP contribution in [0.2, 0.25) is 5.15 Å². The van der Waals surface area contributed by atoms with Crippen LogP contribution < -0.4 is 0 Å². The fourth-order valence-corrected chi connectivity index (χ4v) is 9.61. The first-order valence-corrected chi connectivity index (χ1v) is 20.7. The highest BCUT2D eigenvalue weighted by Gasteiger charge is 2.52. The van der Waals surface area contributed by atoms with Gasteiger partial charge in [-0.3, -0.25) is 4.52 Å². The Balaban J connectivity index is 1.21. The van der Waals surface area contributed by atoms with Gasteiger partial charge in [0.15, 0.2) is 23.2 Å². The van der Waals surface area contributed by atoms with Crippen LogP contribution in [0.4, 0.5) is 4.39 Å². The van der Waals surface area contributed by atoms with Crippen LogP contribution >= 0.6 is 25.0 Å². The third kappa shape index (κ3) is 6.83. The summed E-state index contributed by atoms with van der Waals surface area (Å²) in [5.74, 6) is -1.20. The van der Waals surface area contributed by atoms with Gasteiger partial charge in [0.2, 0.25) is 0 Å². The lowest BCUT2D eigenvalue weighted by Gasteiger charge is -2.45. The Kier molecular flexibility index (Phi) is 10.3. The van der Waals surface area contributed by atoms with Crippen LogP contribution in [0.3, 0.4) is 0 Å². The number of nitriles is 1. The summed E-state index contributed by atoms with van der Waals surface area (Å²) in [6.07, 6.45) is -2.69. The van der Waals surface area contributed by atoms with Crippen molar-refractivity contribution < 1.29 is 46.2 Å². The molecule has 4 aromatic rings. The number of halogens is 2. The zero-order valence-corrected chi connectivity index (χ0v) is 30.1. The van der Waals surface area contributed by atoms with E-state index in [0.29, 0.717) is 23.1 Å². The van der Waals surface area contributed by atoms with Crippen LogP contribution in [0.1, 0.15) is 35.5 Å². The van der Waals surface area contributed by atoms with Crippen molar-refractivity contribution in [2.75, 3.05) is 33.5 Å². The first-order valence-electron chi connectivity index (χ1n) is 15.1. The SMILES string of the molecule is COC(=O)c1cccc2c1nnn2[C@@H]1O[C@@H]2COP(O)(=S)OC[C@@H]3[C@@H](COP(=S)(OCCC#N)O[C@@H]1[C@@H]2F)C[C@H]3n1cnc2c(Cl)ncnc21. The van der Waals surface area contributed by atoms with Gasteiger partial charge in [0.05, 0.1) is 63.4 Å². The van der Waals surface area contributed by atoms with Gasteiger partial charge in [-0.15, -0.1) is 5.10 Å². The largest absolute Gasteiger partial charge is 0.465 e. The zero-order chi connectivity index (χ0) is 35.2. The van der Waals surface area contributed by atoms with Gasteiger partial charge in [0, 0.05) is 12.0 Å². The quantitative estimate of drug-likeness (QED) is 0.127. The molecule has 3 fully saturated rings. The molecule has 2 bridgehead atoms. The van der Waals surface area contributed by atoms with E-state index in [2.05, 4.69) is 25.3 Å². The van der Waals surface area contributed by atoms with Gasteiger partial charge in [0.25, 0.3) is 0 Å². The Hall–Kier alpha value is -2.63. The number of carbonyl (C=O) groups is 1. The van der Waals surface area contributed by atoms with Crippen molar-refractivity contribution >= 4 is 76.8 Å². The van der Waals surface area contributed by atoms with E-state index < -0.39 is 50.6 Å². The van der Waals surface area contributed by atoms with E-state index in [9.17, 15) is 14.9 Å². The first-order chi connectivity index (χ1) is 24.0. The second-order valence-electron chi connectivity index (χ2n) is 11.5. The molecule has 0 spiro atoms. The second-order valence-corrected chi connectivity index (χ2v) is 17.7. The lowest BCUT2D eigenvalue weighted by Crippen LogP contribution is -2.43. The maximum absolute atomic E-state index is 16.4. The predicted molar refractivity (Wildman–Crippen MR) is 178 cm³/mol. The van der Waals surface area contributed by atoms with Gasteiger partial charge >= 0.3 is 19.4 Å². The number of ether oxygens (including phenoxy) is 2. The third-order valence-electron chi connectivity index (χ3n) is 8.72. The van der Waals surface area contributed by atoms with Gasteiger partial charge < -0.3 is 37.0 Å². The van der Waals surface area contributed by atoms with Crippen LogP contribution in [0.25, 0.3) is 22.2 Å². The highest BCUT2D eigenvalue weighted by molar-refractivity contribution is 8.07. The van der Waals surface area contributed by atoms with E-state index in [1.807, 2.05) is 10.6 Å². The average Bonchev–Trinajstić information content (AvgIpc) is 3.79. The van der Waals surface area contributed by atoms with Crippen LogP contribution in [0.5, 0.6) is 0 Å². The van der Waals surface area contributed by atoms with Crippen LogP contribution in [0, 0.1) is 23.2 Å². The van der Waals surface area contributed by atoms with Crippen molar-refractivity contribution in [3.05, 3.63) is 41.6 Å². The summed E-state index contributed by atoms with van der Waals surface area (Å²) in [6, 6.07) is 6.45. The fourth-order valence-electron chi connectivity index (χ4n) is 6.19. The Morgan fingerprint density at radius 2 is 2.02 bits per heavy atom. The summed E-state index contributed by atoms with van der Waals surface area (Å²) >= 11 is 17.3. The van der Waals surface area contributed by atoms with Crippen LogP contribution in [-0.4, -0.2) is 97.3 Å². The number of nitrogens with zero attached hydrogens (tertiary/aromatic N) is 8. The van der Waals surface area contributed by atoms with Crippen molar-refractivity contribution in [3.8, 4) is 6.07 Å². The van der Waals surface area contributed by atoms with E-state index in [1.54, 1.807) is 18.5 Å². The van der Waals surface area contributed by atoms with E-state index in [0.717, 1.165) is 0 Å². The molecular weight excluding hydrogens is 761 g/mol. The molecule has 50 heavy (non-hydrogen) atoms. The fraction of sp³-hybridized carbons (Fsp3) is 0.519. The number of hydrogen-bond acceptors (Lipinski definition) is 16. The summed E-state index contributed by atoms with van der Waals surface area (Å²) in [6.45, 7) is -8.45. The van der Waals surface area contributed by atoms with Crippen molar-refractivity contribution in [2.45, 2.75) is 43.5 Å². The predicted octanol–water partition coefficient (Wildman–Crippen LogP) is 3.94. The molecule has 17 nitrogen and oxygen atoms in total. The van der Waals surface area contributed by atoms with Gasteiger partial charge in [-0.05, 0) is 48.1 Å². The average molecular weight is 789 g/mol. The molecule has 1 aliphatic carbocycles. The van der Waals surface area contributed by atoms with Crippen LogP contribution in [-0.2, 0) is 55.7 Å². The molecule has 266 valence electrons. The molecule has 23 heteroatoms. The molecule has 3 aromatic heterocycles. The lowest BCUT2D eigenvalue weighted by molar-refractivity contribution is -0.0532. The Labute approximate surface area is 298 Å². The van der Waals surface area contributed by atoms with Gasteiger partial charge in [-0.1, -0.05) is 22.9 Å². The molecule has 7 rings (SSSR count). The van der Waals surface area contributed by atoms with Crippen molar-refractivity contribution in [2.24, 2.45) is 11.8 Å². The second kappa shape index (κ2) is 14.4. The van der Waals surface area contributed by atoms with Gasteiger partial charge in [-0.25, -0.2) is 28.8 Å². The van der Waals surface area contributed by atoms with Gasteiger partial charge in [-0.2, -0.15) is 5.26 Å². The van der Waals surface area contributed by atoms with Crippen molar-refractivity contribution in [3.63, 3.8) is 0 Å². The van der Waals surface area contributed by atoms with E-state index in [1.165, 1.54) is 24.2 Å². The van der Waals surface area contributed by atoms with Crippen molar-refractivity contribution in [1.29, 1.82) is 5.26 Å². The number of esters is 1. The third-order valence-corrected chi connectivity index (χ3v) is 12.9. The van der Waals surface area contributed by atoms with E-state index in [-0.39, 0.29) is 60.4 Å². The normalized spacial score (nSPS) is 33.3. The highest BCUT2D eigenvalue weighted by atomic mass is 35.5. The van der Waals surface area contributed by atoms with Crippen LogP contribution in [0.15, 0.2) is 30.9 Å². The first kappa shape index (κ1) is 35.8. The topological polar surface area (TPSA) is 200 Å². The monoisotopic (exact) mass is 788 g/mol.